The maximum atomic E-state index is 11.4. The van der Waals surface area contributed by atoms with Gasteiger partial charge in [-0.05, 0) is 24.6 Å². The van der Waals surface area contributed by atoms with Crippen molar-refractivity contribution in [1.82, 2.24) is 4.98 Å². The van der Waals surface area contributed by atoms with Crippen molar-refractivity contribution >= 4 is 28.5 Å². The lowest BCUT2D eigenvalue weighted by atomic mass is 10.1. The summed E-state index contributed by atoms with van der Waals surface area (Å²) in [6.45, 7) is 1.98. The molecular formula is C12H10ClNO2. The van der Waals surface area contributed by atoms with Gasteiger partial charge in [-0.15, -0.1) is 0 Å². The van der Waals surface area contributed by atoms with Crippen molar-refractivity contribution in [3.63, 3.8) is 0 Å². The molecule has 0 aliphatic heterocycles. The molecule has 1 aromatic carbocycles. The Morgan fingerprint density at radius 2 is 2.12 bits per heavy atom. The second-order valence-corrected chi connectivity index (χ2v) is 3.87. The van der Waals surface area contributed by atoms with E-state index in [9.17, 15) is 4.79 Å². The number of hydrogen-bond donors (Lipinski definition) is 0. The molecule has 0 saturated carbocycles. The highest BCUT2D eigenvalue weighted by molar-refractivity contribution is 6.32. The first kappa shape index (κ1) is 10.9. The molecule has 0 amide bonds. The number of carbonyl (C=O) groups excluding carboxylic acids is 1. The van der Waals surface area contributed by atoms with Crippen molar-refractivity contribution in [2.75, 3.05) is 7.11 Å². The molecule has 0 spiro atoms. The van der Waals surface area contributed by atoms with Gasteiger partial charge in [-0.2, -0.15) is 0 Å². The lowest BCUT2D eigenvalue weighted by molar-refractivity contribution is 0.0600. The molecule has 2 aromatic rings. The summed E-state index contributed by atoms with van der Waals surface area (Å²) in [6, 6.07) is 7.47. The zero-order valence-electron chi connectivity index (χ0n) is 8.95. The molecular weight excluding hydrogens is 226 g/mol. The number of methoxy groups -OCH3 is 1. The fraction of sp³-hybridized carbons (Fsp3) is 0.167. The van der Waals surface area contributed by atoms with Gasteiger partial charge in [-0.3, -0.25) is 0 Å². The minimum Gasteiger partial charge on any atom is -0.465 e. The van der Waals surface area contributed by atoms with Gasteiger partial charge in [-0.25, -0.2) is 9.78 Å². The highest BCUT2D eigenvalue weighted by Gasteiger charge is 2.13. The van der Waals surface area contributed by atoms with Crippen molar-refractivity contribution < 1.29 is 9.53 Å². The lowest BCUT2D eigenvalue weighted by Gasteiger charge is -2.04. The first-order valence-electron chi connectivity index (χ1n) is 4.77. The van der Waals surface area contributed by atoms with Gasteiger partial charge >= 0.3 is 5.97 Å². The van der Waals surface area contributed by atoms with E-state index in [1.165, 1.54) is 7.11 Å². The number of aromatic nitrogens is 1. The minimum atomic E-state index is -0.472. The Balaban J connectivity index is 2.67. The van der Waals surface area contributed by atoms with Gasteiger partial charge in [0.15, 0.2) is 0 Å². The van der Waals surface area contributed by atoms with Gasteiger partial charge in [0.1, 0.15) is 5.15 Å². The minimum absolute atomic E-state index is 0.171. The molecule has 0 atom stereocenters. The third-order valence-corrected chi connectivity index (χ3v) is 2.62. The van der Waals surface area contributed by atoms with Crippen LogP contribution in [0.2, 0.25) is 5.15 Å². The fourth-order valence-corrected chi connectivity index (χ4v) is 1.73. The number of rotatable bonds is 1. The SMILES string of the molecule is COC(=O)c1cc2ccc(C)cc2nc1Cl. The maximum Gasteiger partial charge on any atom is 0.341 e. The largest absolute Gasteiger partial charge is 0.465 e. The summed E-state index contributed by atoms with van der Waals surface area (Å²) in [5, 5.41) is 1.04. The first-order chi connectivity index (χ1) is 7.61. The Morgan fingerprint density at radius 3 is 2.81 bits per heavy atom. The van der Waals surface area contributed by atoms with Crippen molar-refractivity contribution in [3.8, 4) is 0 Å². The number of hydrogen-bond acceptors (Lipinski definition) is 3. The zero-order chi connectivity index (χ0) is 11.7. The molecule has 0 fully saturated rings. The van der Waals surface area contributed by atoms with Crippen LogP contribution in [0.25, 0.3) is 10.9 Å². The van der Waals surface area contributed by atoms with E-state index in [-0.39, 0.29) is 5.15 Å². The number of pyridine rings is 1. The normalized spacial score (nSPS) is 10.4. The van der Waals surface area contributed by atoms with E-state index in [2.05, 4.69) is 9.72 Å². The number of ether oxygens (including phenoxy) is 1. The Hall–Kier alpha value is -1.61. The van der Waals surface area contributed by atoms with Crippen LogP contribution in [0.15, 0.2) is 24.3 Å². The van der Waals surface area contributed by atoms with E-state index in [0.717, 1.165) is 16.5 Å². The third-order valence-electron chi connectivity index (χ3n) is 2.33. The predicted molar refractivity (Wildman–Crippen MR) is 62.8 cm³/mol. The van der Waals surface area contributed by atoms with Gasteiger partial charge < -0.3 is 4.74 Å². The van der Waals surface area contributed by atoms with Gasteiger partial charge in [-0.1, -0.05) is 23.7 Å². The Morgan fingerprint density at radius 1 is 1.38 bits per heavy atom. The number of nitrogens with zero attached hydrogens (tertiary/aromatic N) is 1. The molecule has 0 saturated heterocycles. The maximum absolute atomic E-state index is 11.4. The number of halogens is 1. The molecule has 0 radical (unpaired) electrons. The van der Waals surface area contributed by atoms with E-state index in [4.69, 9.17) is 11.6 Å². The van der Waals surface area contributed by atoms with E-state index in [0.29, 0.717) is 5.56 Å². The predicted octanol–water partition coefficient (Wildman–Crippen LogP) is 2.98. The summed E-state index contributed by atoms with van der Waals surface area (Å²) < 4.78 is 4.63. The van der Waals surface area contributed by atoms with Gasteiger partial charge in [0, 0.05) is 5.39 Å². The smallest absolute Gasteiger partial charge is 0.341 e. The monoisotopic (exact) mass is 235 g/mol. The number of esters is 1. The second-order valence-electron chi connectivity index (χ2n) is 3.51. The van der Waals surface area contributed by atoms with Crippen molar-refractivity contribution in [2.24, 2.45) is 0 Å². The van der Waals surface area contributed by atoms with Gasteiger partial charge in [0.2, 0.25) is 0 Å². The molecule has 0 unspecified atom stereocenters. The van der Waals surface area contributed by atoms with Crippen molar-refractivity contribution in [3.05, 3.63) is 40.5 Å². The Labute approximate surface area is 98.0 Å². The van der Waals surface area contributed by atoms with Crippen LogP contribution in [0.1, 0.15) is 15.9 Å². The summed E-state index contributed by atoms with van der Waals surface area (Å²) >= 11 is 5.92. The topological polar surface area (TPSA) is 39.2 Å². The van der Waals surface area contributed by atoms with Crippen LogP contribution in [0.3, 0.4) is 0 Å². The molecule has 0 N–H and O–H groups in total. The van der Waals surface area contributed by atoms with Gasteiger partial charge in [0.25, 0.3) is 0 Å². The summed E-state index contributed by atoms with van der Waals surface area (Å²) in [5.41, 5.74) is 2.17. The fourth-order valence-electron chi connectivity index (χ4n) is 1.51. The second kappa shape index (κ2) is 4.10. The van der Waals surface area contributed by atoms with Crippen LogP contribution in [-0.2, 0) is 4.74 Å². The molecule has 0 bridgehead atoms. The molecule has 2 rings (SSSR count). The van der Waals surface area contributed by atoms with E-state index < -0.39 is 5.97 Å². The molecule has 1 aromatic heterocycles. The van der Waals surface area contributed by atoms with Crippen LogP contribution >= 0.6 is 11.6 Å². The standard InChI is InChI=1S/C12H10ClNO2/c1-7-3-4-8-6-9(12(15)16-2)11(13)14-10(8)5-7/h3-6H,1-2H3. The van der Waals surface area contributed by atoms with Crippen LogP contribution < -0.4 is 0 Å². The first-order valence-corrected chi connectivity index (χ1v) is 5.15. The van der Waals surface area contributed by atoms with E-state index in [1.54, 1.807) is 6.07 Å². The molecule has 3 nitrogen and oxygen atoms in total. The number of benzene rings is 1. The van der Waals surface area contributed by atoms with E-state index >= 15 is 0 Å². The van der Waals surface area contributed by atoms with Gasteiger partial charge in [0.05, 0.1) is 18.2 Å². The van der Waals surface area contributed by atoms with Crippen molar-refractivity contribution in [1.29, 1.82) is 0 Å². The zero-order valence-corrected chi connectivity index (χ0v) is 9.71. The number of aryl methyl sites for hydroxylation is 1. The highest BCUT2D eigenvalue weighted by Crippen LogP contribution is 2.21. The Kier molecular flexibility index (Phi) is 2.79. The number of fused-ring (bicyclic) bond motifs is 1. The quantitative estimate of drug-likeness (QED) is 0.564. The average Bonchev–Trinajstić information content (AvgIpc) is 2.27. The van der Waals surface area contributed by atoms with E-state index in [1.807, 2.05) is 25.1 Å². The summed E-state index contributed by atoms with van der Waals surface area (Å²) in [6.07, 6.45) is 0. The number of carbonyl (C=O) groups is 1. The molecule has 16 heavy (non-hydrogen) atoms. The van der Waals surface area contributed by atoms with Crippen LogP contribution in [0.4, 0.5) is 0 Å². The molecule has 1 heterocycles. The molecule has 0 aliphatic rings. The van der Waals surface area contributed by atoms with Crippen LogP contribution in [0.5, 0.6) is 0 Å². The molecule has 0 aliphatic carbocycles. The summed E-state index contributed by atoms with van der Waals surface area (Å²) in [5.74, 6) is -0.472. The third kappa shape index (κ3) is 1.86. The average molecular weight is 236 g/mol. The summed E-state index contributed by atoms with van der Waals surface area (Å²) in [4.78, 5) is 15.6. The van der Waals surface area contributed by atoms with Crippen LogP contribution in [0, 0.1) is 6.92 Å². The van der Waals surface area contributed by atoms with Crippen LogP contribution in [-0.4, -0.2) is 18.1 Å². The summed E-state index contributed by atoms with van der Waals surface area (Å²) in [7, 11) is 1.32. The highest BCUT2D eigenvalue weighted by atomic mass is 35.5. The molecule has 4 heteroatoms. The Bertz CT molecular complexity index is 566. The molecule has 82 valence electrons. The lowest BCUT2D eigenvalue weighted by Crippen LogP contribution is -2.03. The van der Waals surface area contributed by atoms with Crippen molar-refractivity contribution in [2.45, 2.75) is 6.92 Å².